The Balaban J connectivity index is 1.90. The van der Waals surface area contributed by atoms with Crippen LogP contribution in [0.3, 0.4) is 0 Å². The van der Waals surface area contributed by atoms with Gasteiger partial charge in [-0.25, -0.2) is 23.0 Å². The molecule has 1 aromatic rings. The van der Waals surface area contributed by atoms with Crippen molar-refractivity contribution in [2.75, 3.05) is 5.75 Å². The van der Waals surface area contributed by atoms with Crippen molar-refractivity contribution in [3.8, 4) is 0 Å². The van der Waals surface area contributed by atoms with Crippen LogP contribution in [0.25, 0.3) is 0 Å². The van der Waals surface area contributed by atoms with Crippen LogP contribution in [0.15, 0.2) is 24.0 Å². The first-order valence-corrected chi connectivity index (χ1v) is 7.75. The van der Waals surface area contributed by atoms with Gasteiger partial charge in [-0.3, -0.25) is 0 Å². The summed E-state index contributed by atoms with van der Waals surface area (Å²) in [5.41, 5.74) is 0.561. The average Bonchev–Trinajstić information content (AvgIpc) is 2.98. The van der Waals surface area contributed by atoms with Gasteiger partial charge in [-0.1, -0.05) is 0 Å². The number of hydrogen-bond donors (Lipinski definition) is 4. The predicted molar refractivity (Wildman–Crippen MR) is 72.1 cm³/mol. The molecule has 0 spiro atoms. The first kappa shape index (κ1) is 15.0. The molecule has 2 atom stereocenters. The van der Waals surface area contributed by atoms with Crippen molar-refractivity contribution in [3.63, 3.8) is 0 Å². The van der Waals surface area contributed by atoms with E-state index in [1.807, 2.05) is 0 Å². The predicted octanol–water partition coefficient (Wildman–Crippen LogP) is -0.985. The van der Waals surface area contributed by atoms with Gasteiger partial charge < -0.3 is 20.7 Å². The van der Waals surface area contributed by atoms with Crippen LogP contribution < -0.4 is 10.6 Å². The molecule has 0 fully saturated rings. The molecule has 2 rings (SSSR count). The van der Waals surface area contributed by atoms with Gasteiger partial charge in [-0.2, -0.15) is 0 Å². The van der Waals surface area contributed by atoms with Crippen molar-refractivity contribution < 1.29 is 23.1 Å². The zero-order valence-electron chi connectivity index (χ0n) is 10.8. The molecule has 1 aliphatic heterocycles. The van der Waals surface area contributed by atoms with E-state index in [9.17, 15) is 18.0 Å². The van der Waals surface area contributed by atoms with Gasteiger partial charge in [0.15, 0.2) is 9.84 Å². The van der Waals surface area contributed by atoms with Gasteiger partial charge in [-0.05, 0) is 6.08 Å². The number of aliphatic carboxylic acids is 1. The van der Waals surface area contributed by atoms with E-state index in [2.05, 4.69) is 20.6 Å². The van der Waals surface area contributed by atoms with E-state index in [0.29, 0.717) is 5.69 Å². The quantitative estimate of drug-likeness (QED) is 0.550. The molecule has 0 aromatic carbocycles. The summed E-state index contributed by atoms with van der Waals surface area (Å²) in [6, 6.07) is -2.54. The maximum Gasteiger partial charge on any atom is 0.326 e. The summed E-state index contributed by atoms with van der Waals surface area (Å²) in [4.78, 5) is 29.3. The zero-order valence-corrected chi connectivity index (χ0v) is 11.6. The number of H-pyrrole nitrogens is 1. The molecule has 1 aliphatic rings. The number of sulfone groups is 1. The molecule has 0 aliphatic carbocycles. The highest BCUT2D eigenvalue weighted by Crippen LogP contribution is 2.07. The second-order valence-corrected chi connectivity index (χ2v) is 6.49. The largest absolute Gasteiger partial charge is 0.480 e. The normalized spacial score (nSPS) is 20.9. The van der Waals surface area contributed by atoms with Crippen LogP contribution in [-0.4, -0.2) is 53.3 Å². The fraction of sp³-hybridized carbons (Fsp3) is 0.364. The Bertz CT molecular complexity index is 652. The number of imidazole rings is 1. The summed E-state index contributed by atoms with van der Waals surface area (Å²) in [6.45, 7) is 0. The topological polar surface area (TPSA) is 141 Å². The van der Waals surface area contributed by atoms with E-state index in [1.54, 1.807) is 0 Å². The van der Waals surface area contributed by atoms with Crippen LogP contribution in [0.2, 0.25) is 0 Å². The lowest BCUT2D eigenvalue weighted by atomic mass is 10.1. The molecule has 0 saturated carbocycles. The van der Waals surface area contributed by atoms with Crippen LogP contribution in [0.1, 0.15) is 5.69 Å². The highest BCUT2D eigenvalue weighted by molar-refractivity contribution is 7.94. The summed E-state index contributed by atoms with van der Waals surface area (Å²) in [7, 11) is -3.28. The number of aromatic amines is 1. The third-order valence-electron chi connectivity index (χ3n) is 2.83. The van der Waals surface area contributed by atoms with Crippen molar-refractivity contribution in [1.29, 1.82) is 0 Å². The molecular weight excluding hydrogens is 300 g/mol. The number of amides is 2. The van der Waals surface area contributed by atoms with Gasteiger partial charge in [-0.15, -0.1) is 0 Å². The lowest BCUT2D eigenvalue weighted by Crippen LogP contribution is -2.50. The fourth-order valence-corrected chi connectivity index (χ4v) is 3.09. The smallest absolute Gasteiger partial charge is 0.326 e. The first-order valence-electron chi connectivity index (χ1n) is 6.04. The number of nitrogens with one attached hydrogen (secondary N) is 3. The van der Waals surface area contributed by atoms with Gasteiger partial charge in [0, 0.05) is 23.7 Å². The first-order chi connectivity index (χ1) is 9.85. The number of carbonyl (C=O) groups is 2. The number of carboxylic acid groups (broad SMARTS) is 1. The van der Waals surface area contributed by atoms with Gasteiger partial charge in [0.25, 0.3) is 0 Å². The van der Waals surface area contributed by atoms with Crippen LogP contribution in [-0.2, 0) is 21.1 Å². The summed E-state index contributed by atoms with van der Waals surface area (Å²) in [6.07, 6.45) is 4.26. The molecule has 2 heterocycles. The molecule has 2 amide bonds. The van der Waals surface area contributed by atoms with Gasteiger partial charge in [0.2, 0.25) is 0 Å². The van der Waals surface area contributed by atoms with Crippen molar-refractivity contribution in [2.24, 2.45) is 0 Å². The summed E-state index contributed by atoms with van der Waals surface area (Å²) >= 11 is 0. The maximum atomic E-state index is 11.7. The Morgan fingerprint density at radius 1 is 1.52 bits per heavy atom. The van der Waals surface area contributed by atoms with E-state index >= 15 is 0 Å². The Kier molecular flexibility index (Phi) is 4.26. The van der Waals surface area contributed by atoms with Crippen LogP contribution >= 0.6 is 0 Å². The van der Waals surface area contributed by atoms with Crippen molar-refractivity contribution in [1.82, 2.24) is 20.6 Å². The van der Waals surface area contributed by atoms with Crippen LogP contribution in [0.4, 0.5) is 4.79 Å². The second-order valence-electron chi connectivity index (χ2n) is 4.55. The standard InChI is InChI=1S/C11H14N4O5S/c16-10(17)9(3-8-4-12-6-13-8)15-11(18)14-7-1-2-21(19,20)5-7/h1-2,4,6-7,9H,3,5H2,(H,12,13)(H,16,17)(H2,14,15,18). The van der Waals surface area contributed by atoms with Crippen molar-refractivity contribution >= 4 is 21.8 Å². The molecule has 0 bridgehead atoms. The fourth-order valence-electron chi connectivity index (χ4n) is 1.85. The monoisotopic (exact) mass is 314 g/mol. The van der Waals surface area contributed by atoms with E-state index in [0.717, 1.165) is 5.41 Å². The summed E-state index contributed by atoms with van der Waals surface area (Å²) in [5, 5.41) is 14.8. The molecule has 10 heteroatoms. The van der Waals surface area contributed by atoms with Crippen molar-refractivity contribution in [3.05, 3.63) is 29.7 Å². The Morgan fingerprint density at radius 2 is 2.29 bits per heavy atom. The molecule has 9 nitrogen and oxygen atoms in total. The minimum Gasteiger partial charge on any atom is -0.480 e. The van der Waals surface area contributed by atoms with Crippen LogP contribution in [0, 0.1) is 0 Å². The summed E-state index contributed by atoms with van der Waals surface area (Å²) < 4.78 is 22.4. The SMILES string of the molecule is O=C(NC1C=CS(=O)(=O)C1)NC(Cc1cnc[nH]1)C(=O)O. The molecular formula is C11H14N4O5S. The van der Waals surface area contributed by atoms with Gasteiger partial charge >= 0.3 is 12.0 Å². The lowest BCUT2D eigenvalue weighted by Gasteiger charge is -2.16. The molecule has 4 N–H and O–H groups in total. The third kappa shape index (κ3) is 4.31. The van der Waals surface area contributed by atoms with Gasteiger partial charge in [0.1, 0.15) is 6.04 Å². The lowest BCUT2D eigenvalue weighted by molar-refractivity contribution is -0.139. The van der Waals surface area contributed by atoms with Crippen LogP contribution in [0.5, 0.6) is 0 Å². The Labute approximate surface area is 120 Å². The Morgan fingerprint density at radius 3 is 2.81 bits per heavy atom. The highest BCUT2D eigenvalue weighted by atomic mass is 32.2. The van der Waals surface area contributed by atoms with E-state index < -0.39 is 33.9 Å². The zero-order chi connectivity index (χ0) is 15.5. The minimum absolute atomic E-state index is 0.0432. The minimum atomic E-state index is -3.28. The molecule has 2 unspecified atom stereocenters. The highest BCUT2D eigenvalue weighted by Gasteiger charge is 2.25. The van der Waals surface area contributed by atoms with E-state index in [-0.39, 0.29) is 12.2 Å². The van der Waals surface area contributed by atoms with E-state index in [4.69, 9.17) is 5.11 Å². The molecule has 0 radical (unpaired) electrons. The molecule has 1 aromatic heterocycles. The van der Waals surface area contributed by atoms with Gasteiger partial charge in [0.05, 0.1) is 18.1 Å². The molecule has 114 valence electrons. The van der Waals surface area contributed by atoms with E-state index in [1.165, 1.54) is 18.6 Å². The molecule has 21 heavy (non-hydrogen) atoms. The number of nitrogens with zero attached hydrogens (tertiary/aromatic N) is 1. The molecule has 0 saturated heterocycles. The number of carboxylic acids is 1. The third-order valence-corrected chi connectivity index (χ3v) is 4.22. The summed E-state index contributed by atoms with van der Waals surface area (Å²) in [5.74, 6) is -1.42. The Hall–Kier alpha value is -2.36. The maximum absolute atomic E-state index is 11.7. The number of rotatable bonds is 5. The number of hydrogen-bond acceptors (Lipinski definition) is 5. The van der Waals surface area contributed by atoms with Crippen molar-refractivity contribution in [2.45, 2.75) is 18.5 Å². The number of carbonyl (C=O) groups excluding carboxylic acids is 1. The number of aromatic nitrogens is 2. The average molecular weight is 314 g/mol. The number of urea groups is 1. The second kappa shape index (κ2) is 5.95.